The summed E-state index contributed by atoms with van der Waals surface area (Å²) in [6.07, 6.45) is 2.55. The fourth-order valence-corrected chi connectivity index (χ4v) is 4.49. The summed E-state index contributed by atoms with van der Waals surface area (Å²) in [6.45, 7) is 2.76. The third-order valence-electron chi connectivity index (χ3n) is 5.87. The minimum atomic E-state index is -0.273. The first-order valence-electron chi connectivity index (χ1n) is 9.72. The zero-order valence-electron chi connectivity index (χ0n) is 15.6. The van der Waals surface area contributed by atoms with Gasteiger partial charge in [-0.3, -0.25) is 4.90 Å². The summed E-state index contributed by atoms with van der Waals surface area (Å²) in [5, 5.41) is 12.7. The smallest absolute Gasteiger partial charge is 0.126 e. The number of hydrogen-bond acceptors (Lipinski definition) is 2. The molecule has 0 saturated carbocycles. The molecule has 140 valence electrons. The van der Waals surface area contributed by atoms with E-state index in [-0.39, 0.29) is 17.8 Å². The van der Waals surface area contributed by atoms with E-state index in [0.717, 1.165) is 32.5 Å². The molecule has 3 heteroatoms. The summed E-state index contributed by atoms with van der Waals surface area (Å²) in [4.78, 5) is 2.42. The van der Waals surface area contributed by atoms with Gasteiger partial charge in [0.2, 0.25) is 0 Å². The Morgan fingerprint density at radius 3 is 2.52 bits per heavy atom. The Hall–Kier alpha value is -2.23. The maximum atomic E-state index is 14.2. The Bertz CT molecular complexity index is 920. The van der Waals surface area contributed by atoms with Crippen molar-refractivity contribution in [2.45, 2.75) is 25.8 Å². The van der Waals surface area contributed by atoms with Crippen molar-refractivity contribution in [2.75, 3.05) is 19.7 Å². The fraction of sp³-hybridized carbons (Fsp3) is 0.333. The first kappa shape index (κ1) is 18.1. The van der Waals surface area contributed by atoms with Gasteiger partial charge in [-0.1, -0.05) is 60.7 Å². The molecule has 0 amide bonds. The number of hydrogen-bond donors (Lipinski definition) is 1. The van der Waals surface area contributed by atoms with Gasteiger partial charge in [-0.15, -0.1) is 0 Å². The third kappa shape index (κ3) is 3.90. The number of nitrogens with zero attached hydrogens (tertiary/aromatic N) is 1. The monoisotopic (exact) mass is 363 g/mol. The standard InChI is InChI=1S/C24H26FNO/c25-23-12-4-2-8-20(23)15-24(18-27)13-6-14-26(17-24)16-21-10-5-9-19-7-1-3-11-22(19)21/h1-5,7-12,27H,6,13-18H2. The van der Waals surface area contributed by atoms with Gasteiger partial charge >= 0.3 is 0 Å². The Morgan fingerprint density at radius 2 is 1.67 bits per heavy atom. The molecule has 1 aliphatic rings. The Kier molecular flexibility index (Phi) is 5.24. The molecule has 2 nitrogen and oxygen atoms in total. The maximum absolute atomic E-state index is 14.2. The van der Waals surface area contributed by atoms with Crippen molar-refractivity contribution in [1.29, 1.82) is 0 Å². The van der Waals surface area contributed by atoms with Crippen molar-refractivity contribution in [3.8, 4) is 0 Å². The molecule has 1 saturated heterocycles. The topological polar surface area (TPSA) is 23.5 Å². The molecule has 1 aliphatic heterocycles. The zero-order valence-corrected chi connectivity index (χ0v) is 15.6. The second-order valence-corrected chi connectivity index (χ2v) is 7.88. The van der Waals surface area contributed by atoms with Gasteiger partial charge in [-0.2, -0.15) is 0 Å². The molecular weight excluding hydrogens is 337 g/mol. The van der Waals surface area contributed by atoms with Crippen molar-refractivity contribution in [2.24, 2.45) is 5.41 Å². The Morgan fingerprint density at radius 1 is 0.926 bits per heavy atom. The number of fused-ring (bicyclic) bond motifs is 1. The molecule has 3 aromatic rings. The van der Waals surface area contributed by atoms with E-state index in [4.69, 9.17) is 0 Å². The number of benzene rings is 3. The number of piperidine rings is 1. The second-order valence-electron chi connectivity index (χ2n) is 7.88. The molecule has 0 spiro atoms. The number of halogens is 1. The van der Waals surface area contributed by atoms with Gasteiger partial charge in [-0.05, 0) is 53.8 Å². The Labute approximate surface area is 160 Å². The normalized spacial score (nSPS) is 20.8. The highest BCUT2D eigenvalue weighted by Gasteiger charge is 2.35. The van der Waals surface area contributed by atoms with Crippen LogP contribution in [0, 0.1) is 11.2 Å². The molecule has 0 aliphatic carbocycles. The number of likely N-dealkylation sites (tertiary alicyclic amines) is 1. The molecule has 1 fully saturated rings. The van der Waals surface area contributed by atoms with E-state index in [0.29, 0.717) is 12.0 Å². The van der Waals surface area contributed by atoms with Gasteiger partial charge in [0.05, 0.1) is 6.61 Å². The van der Waals surface area contributed by atoms with Gasteiger partial charge in [0.25, 0.3) is 0 Å². The van der Waals surface area contributed by atoms with Crippen molar-refractivity contribution in [3.63, 3.8) is 0 Å². The molecule has 0 bridgehead atoms. The van der Waals surface area contributed by atoms with E-state index in [1.54, 1.807) is 6.07 Å². The number of rotatable bonds is 5. The SMILES string of the molecule is OCC1(Cc2ccccc2F)CCCN(Cc2cccc3ccccc23)C1. The van der Waals surface area contributed by atoms with E-state index in [9.17, 15) is 9.50 Å². The van der Waals surface area contributed by atoms with Crippen molar-refractivity contribution < 1.29 is 9.50 Å². The van der Waals surface area contributed by atoms with Crippen molar-refractivity contribution in [1.82, 2.24) is 4.90 Å². The quantitative estimate of drug-likeness (QED) is 0.704. The first-order valence-corrected chi connectivity index (χ1v) is 9.72. The summed E-state index contributed by atoms with van der Waals surface area (Å²) in [5.41, 5.74) is 1.75. The van der Waals surface area contributed by atoms with Gasteiger partial charge in [0.15, 0.2) is 0 Å². The number of aliphatic hydroxyl groups is 1. The molecule has 1 atom stereocenters. The van der Waals surface area contributed by atoms with E-state index in [1.807, 2.05) is 12.1 Å². The lowest BCUT2D eigenvalue weighted by Gasteiger charge is -2.42. The van der Waals surface area contributed by atoms with Crippen LogP contribution in [0.5, 0.6) is 0 Å². The van der Waals surface area contributed by atoms with Crippen LogP contribution in [0.25, 0.3) is 10.8 Å². The van der Waals surface area contributed by atoms with E-state index in [2.05, 4.69) is 47.4 Å². The zero-order chi connectivity index (χ0) is 18.7. The molecule has 4 rings (SSSR count). The van der Waals surface area contributed by atoms with Crippen LogP contribution >= 0.6 is 0 Å². The van der Waals surface area contributed by atoms with Crippen LogP contribution < -0.4 is 0 Å². The lowest BCUT2D eigenvalue weighted by atomic mass is 9.75. The lowest BCUT2D eigenvalue weighted by Crippen LogP contribution is -2.46. The predicted octanol–water partition coefficient (Wildman–Crippen LogP) is 4.80. The van der Waals surface area contributed by atoms with Gasteiger partial charge in [-0.25, -0.2) is 4.39 Å². The van der Waals surface area contributed by atoms with Crippen LogP contribution in [0.15, 0.2) is 66.7 Å². The molecule has 27 heavy (non-hydrogen) atoms. The highest BCUT2D eigenvalue weighted by molar-refractivity contribution is 5.85. The summed E-state index contributed by atoms with van der Waals surface area (Å²) in [7, 11) is 0. The van der Waals surface area contributed by atoms with Gasteiger partial charge in [0.1, 0.15) is 5.82 Å². The largest absolute Gasteiger partial charge is 0.396 e. The van der Waals surface area contributed by atoms with Crippen LogP contribution in [-0.4, -0.2) is 29.7 Å². The highest BCUT2D eigenvalue weighted by atomic mass is 19.1. The van der Waals surface area contributed by atoms with Crippen LogP contribution in [0.2, 0.25) is 0 Å². The Balaban J connectivity index is 1.55. The molecule has 0 radical (unpaired) electrons. The molecule has 1 heterocycles. The van der Waals surface area contributed by atoms with Crippen molar-refractivity contribution in [3.05, 3.63) is 83.7 Å². The third-order valence-corrected chi connectivity index (χ3v) is 5.87. The van der Waals surface area contributed by atoms with E-state index in [1.165, 1.54) is 22.4 Å². The minimum Gasteiger partial charge on any atom is -0.396 e. The van der Waals surface area contributed by atoms with E-state index < -0.39 is 0 Å². The average Bonchev–Trinajstić information content (AvgIpc) is 2.70. The average molecular weight is 363 g/mol. The maximum Gasteiger partial charge on any atom is 0.126 e. The summed E-state index contributed by atoms with van der Waals surface area (Å²) in [5.74, 6) is -0.170. The van der Waals surface area contributed by atoms with Gasteiger partial charge in [0, 0.05) is 18.5 Å². The van der Waals surface area contributed by atoms with Crippen LogP contribution in [0.3, 0.4) is 0 Å². The predicted molar refractivity (Wildman–Crippen MR) is 108 cm³/mol. The second kappa shape index (κ2) is 7.79. The highest BCUT2D eigenvalue weighted by Crippen LogP contribution is 2.35. The summed E-state index contributed by atoms with van der Waals surface area (Å²) in [6, 6.07) is 21.9. The molecule has 3 aromatic carbocycles. The number of aliphatic hydroxyl groups excluding tert-OH is 1. The van der Waals surface area contributed by atoms with Gasteiger partial charge < -0.3 is 5.11 Å². The summed E-state index contributed by atoms with van der Waals surface area (Å²) < 4.78 is 14.2. The summed E-state index contributed by atoms with van der Waals surface area (Å²) >= 11 is 0. The van der Waals surface area contributed by atoms with Crippen LogP contribution in [-0.2, 0) is 13.0 Å². The minimum absolute atomic E-state index is 0.0906. The molecule has 1 N–H and O–H groups in total. The first-order chi connectivity index (χ1) is 13.2. The molecule has 1 unspecified atom stereocenters. The van der Waals surface area contributed by atoms with Crippen LogP contribution in [0.4, 0.5) is 4.39 Å². The molecule has 0 aromatic heterocycles. The molecular formula is C24H26FNO. The van der Waals surface area contributed by atoms with E-state index >= 15 is 0 Å². The fourth-order valence-electron chi connectivity index (χ4n) is 4.49. The van der Waals surface area contributed by atoms with Crippen molar-refractivity contribution >= 4 is 10.8 Å². The van der Waals surface area contributed by atoms with Crippen LogP contribution in [0.1, 0.15) is 24.0 Å². The lowest BCUT2D eigenvalue weighted by molar-refractivity contribution is 0.0284.